The van der Waals surface area contributed by atoms with Crippen LogP contribution < -0.4 is 5.73 Å². The van der Waals surface area contributed by atoms with Crippen LogP contribution in [-0.4, -0.2) is 73.2 Å². The topological polar surface area (TPSA) is 104 Å². The molecule has 1 fully saturated rings. The zero-order valence-corrected chi connectivity index (χ0v) is 10.9. The molecule has 0 aromatic carbocycles. The van der Waals surface area contributed by atoms with Crippen LogP contribution in [0.2, 0.25) is 0 Å². The van der Waals surface area contributed by atoms with Gasteiger partial charge in [0.25, 0.3) is 0 Å². The molecule has 0 bridgehead atoms. The lowest BCUT2D eigenvalue weighted by molar-refractivity contribution is -0.144. The fourth-order valence-electron chi connectivity index (χ4n) is 2.03. The average molecular weight is 265 g/mol. The summed E-state index contributed by atoms with van der Waals surface area (Å²) in [6.45, 7) is 3.06. The molecule has 3 N–H and O–H groups in total. The number of hydrogen-bond acceptors (Lipinski definition) is 5. The first-order chi connectivity index (χ1) is 7.73. The molecule has 7 nitrogen and oxygen atoms in total. The highest BCUT2D eigenvalue weighted by Gasteiger charge is 2.33. The highest BCUT2D eigenvalue weighted by molar-refractivity contribution is 7.88. The molecule has 0 radical (unpaired) electrons. The average Bonchev–Trinajstić information content (AvgIpc) is 2.15. The van der Waals surface area contributed by atoms with Gasteiger partial charge >= 0.3 is 5.97 Å². The molecule has 100 valence electrons. The quantitative estimate of drug-likeness (QED) is 0.632. The summed E-state index contributed by atoms with van der Waals surface area (Å²) in [5.74, 6) is -0.965. The van der Waals surface area contributed by atoms with Gasteiger partial charge in [0.05, 0.1) is 6.26 Å². The lowest BCUT2D eigenvalue weighted by atomic mass is 10.1. The number of rotatable bonds is 4. The zero-order chi connectivity index (χ0) is 13.2. The van der Waals surface area contributed by atoms with Crippen LogP contribution in [0.3, 0.4) is 0 Å². The van der Waals surface area contributed by atoms with Gasteiger partial charge in [0.1, 0.15) is 6.04 Å². The van der Waals surface area contributed by atoms with Gasteiger partial charge < -0.3 is 10.8 Å². The van der Waals surface area contributed by atoms with E-state index in [4.69, 9.17) is 10.8 Å². The van der Waals surface area contributed by atoms with E-state index in [-0.39, 0.29) is 0 Å². The number of piperazine rings is 1. The Morgan fingerprint density at radius 1 is 1.29 bits per heavy atom. The van der Waals surface area contributed by atoms with Gasteiger partial charge in [-0.05, 0) is 6.92 Å². The second-order valence-corrected chi connectivity index (χ2v) is 6.32. The summed E-state index contributed by atoms with van der Waals surface area (Å²) in [4.78, 5) is 12.8. The van der Waals surface area contributed by atoms with E-state index in [0.717, 1.165) is 6.26 Å². The van der Waals surface area contributed by atoms with Crippen molar-refractivity contribution in [3.63, 3.8) is 0 Å². The maximum absolute atomic E-state index is 11.3. The van der Waals surface area contributed by atoms with E-state index < -0.39 is 28.1 Å². The summed E-state index contributed by atoms with van der Waals surface area (Å²) in [5.41, 5.74) is 5.63. The Labute approximate surface area is 101 Å². The van der Waals surface area contributed by atoms with E-state index in [9.17, 15) is 13.2 Å². The van der Waals surface area contributed by atoms with E-state index in [0.29, 0.717) is 26.2 Å². The molecule has 0 amide bonds. The monoisotopic (exact) mass is 265 g/mol. The molecular formula is C9H19N3O4S. The molecule has 1 heterocycles. The third-order valence-electron chi connectivity index (χ3n) is 2.89. The Balaban J connectivity index is 2.65. The SMILES string of the molecule is CC(N)C(C(=O)O)N1CCN(S(C)(=O)=O)CC1. The van der Waals surface area contributed by atoms with Crippen LogP contribution in [0.1, 0.15) is 6.92 Å². The number of hydrogen-bond donors (Lipinski definition) is 2. The molecule has 8 heteroatoms. The Kier molecular flexibility index (Phi) is 4.48. The third-order valence-corrected chi connectivity index (χ3v) is 4.19. The van der Waals surface area contributed by atoms with Crippen LogP contribution in [-0.2, 0) is 14.8 Å². The molecular weight excluding hydrogens is 246 g/mol. The van der Waals surface area contributed by atoms with Crippen molar-refractivity contribution >= 4 is 16.0 Å². The first-order valence-corrected chi connectivity index (χ1v) is 7.26. The van der Waals surface area contributed by atoms with Gasteiger partial charge in [-0.3, -0.25) is 9.69 Å². The molecule has 0 aromatic heterocycles. The number of carbonyl (C=O) groups is 1. The lowest BCUT2D eigenvalue weighted by Gasteiger charge is -2.37. The van der Waals surface area contributed by atoms with Gasteiger partial charge in [-0.2, -0.15) is 4.31 Å². The number of nitrogens with zero attached hydrogens (tertiary/aromatic N) is 2. The van der Waals surface area contributed by atoms with Crippen molar-refractivity contribution in [2.45, 2.75) is 19.0 Å². The van der Waals surface area contributed by atoms with Crippen LogP contribution >= 0.6 is 0 Å². The molecule has 0 aliphatic carbocycles. The van der Waals surface area contributed by atoms with Gasteiger partial charge in [0, 0.05) is 32.2 Å². The lowest BCUT2D eigenvalue weighted by Crippen LogP contribution is -2.58. The highest BCUT2D eigenvalue weighted by atomic mass is 32.2. The molecule has 1 rings (SSSR count). The number of nitrogens with two attached hydrogens (primary N) is 1. The number of sulfonamides is 1. The van der Waals surface area contributed by atoms with E-state index in [1.54, 1.807) is 11.8 Å². The van der Waals surface area contributed by atoms with Crippen molar-refractivity contribution in [1.29, 1.82) is 0 Å². The summed E-state index contributed by atoms with van der Waals surface area (Å²) >= 11 is 0. The summed E-state index contributed by atoms with van der Waals surface area (Å²) < 4.78 is 23.9. The Bertz CT molecular complexity index is 374. The van der Waals surface area contributed by atoms with Crippen molar-refractivity contribution in [1.82, 2.24) is 9.21 Å². The predicted molar refractivity (Wildman–Crippen MR) is 63.1 cm³/mol. The summed E-state index contributed by atoms with van der Waals surface area (Å²) in [6, 6.07) is -1.24. The Morgan fingerprint density at radius 3 is 2.06 bits per heavy atom. The van der Waals surface area contributed by atoms with Crippen molar-refractivity contribution in [2.75, 3.05) is 32.4 Å². The van der Waals surface area contributed by atoms with E-state index in [1.807, 2.05) is 0 Å². The molecule has 0 spiro atoms. The van der Waals surface area contributed by atoms with Crippen LogP contribution in [0.15, 0.2) is 0 Å². The number of aliphatic carboxylic acids is 1. The van der Waals surface area contributed by atoms with Crippen LogP contribution in [0.25, 0.3) is 0 Å². The molecule has 1 aliphatic rings. The van der Waals surface area contributed by atoms with Gasteiger partial charge in [-0.15, -0.1) is 0 Å². The van der Waals surface area contributed by atoms with E-state index in [1.165, 1.54) is 4.31 Å². The molecule has 0 saturated carbocycles. The summed E-state index contributed by atoms with van der Waals surface area (Å²) in [5, 5.41) is 9.07. The smallest absolute Gasteiger partial charge is 0.322 e. The fourth-order valence-corrected chi connectivity index (χ4v) is 2.85. The summed E-state index contributed by atoms with van der Waals surface area (Å²) in [6.07, 6.45) is 1.16. The second-order valence-electron chi connectivity index (χ2n) is 4.34. The highest BCUT2D eigenvalue weighted by Crippen LogP contribution is 2.11. The Hall–Kier alpha value is -0.700. The van der Waals surface area contributed by atoms with Crippen molar-refractivity contribution in [3.05, 3.63) is 0 Å². The Morgan fingerprint density at radius 2 is 1.76 bits per heavy atom. The molecule has 2 atom stereocenters. The van der Waals surface area contributed by atoms with Gasteiger partial charge in [-0.1, -0.05) is 0 Å². The number of carboxylic acid groups (broad SMARTS) is 1. The minimum Gasteiger partial charge on any atom is -0.480 e. The van der Waals surface area contributed by atoms with Gasteiger partial charge in [0.2, 0.25) is 10.0 Å². The first-order valence-electron chi connectivity index (χ1n) is 5.41. The van der Waals surface area contributed by atoms with Crippen LogP contribution in [0.4, 0.5) is 0 Å². The maximum Gasteiger partial charge on any atom is 0.322 e. The second kappa shape index (κ2) is 5.30. The van der Waals surface area contributed by atoms with Crippen LogP contribution in [0.5, 0.6) is 0 Å². The molecule has 17 heavy (non-hydrogen) atoms. The zero-order valence-electron chi connectivity index (χ0n) is 10.0. The molecule has 0 aromatic rings. The maximum atomic E-state index is 11.3. The minimum absolute atomic E-state index is 0.315. The molecule has 2 unspecified atom stereocenters. The summed E-state index contributed by atoms with van der Waals surface area (Å²) in [7, 11) is -3.19. The normalized spacial score (nSPS) is 23.2. The predicted octanol–water partition coefficient (Wildman–Crippen LogP) is -1.64. The molecule has 1 saturated heterocycles. The van der Waals surface area contributed by atoms with Crippen molar-refractivity contribution in [2.24, 2.45) is 5.73 Å². The van der Waals surface area contributed by atoms with Crippen molar-refractivity contribution < 1.29 is 18.3 Å². The minimum atomic E-state index is -3.19. The van der Waals surface area contributed by atoms with Gasteiger partial charge in [0.15, 0.2) is 0 Å². The number of carboxylic acids is 1. The standard InChI is InChI=1S/C9H19N3O4S/c1-7(10)8(9(13)14)11-3-5-12(6-4-11)17(2,15)16/h7-8H,3-6,10H2,1-2H3,(H,13,14). The van der Waals surface area contributed by atoms with Crippen molar-refractivity contribution in [3.8, 4) is 0 Å². The fraction of sp³-hybridized carbons (Fsp3) is 0.889. The largest absolute Gasteiger partial charge is 0.480 e. The third kappa shape index (κ3) is 3.63. The molecule has 1 aliphatic heterocycles. The van der Waals surface area contributed by atoms with Gasteiger partial charge in [-0.25, -0.2) is 8.42 Å². The van der Waals surface area contributed by atoms with E-state index in [2.05, 4.69) is 0 Å². The van der Waals surface area contributed by atoms with Crippen LogP contribution in [0, 0.1) is 0 Å². The van der Waals surface area contributed by atoms with E-state index >= 15 is 0 Å². The first kappa shape index (κ1) is 14.4.